The molecule has 2 heterocycles. The third-order valence-corrected chi connectivity index (χ3v) is 7.08. The summed E-state index contributed by atoms with van der Waals surface area (Å²) in [7, 11) is 0. The van der Waals surface area contributed by atoms with Gasteiger partial charge in [0.1, 0.15) is 5.75 Å². The van der Waals surface area contributed by atoms with Crippen molar-refractivity contribution in [2.24, 2.45) is 0 Å². The lowest BCUT2D eigenvalue weighted by Crippen LogP contribution is -2.07. The van der Waals surface area contributed by atoms with Gasteiger partial charge in [0.25, 0.3) is 0 Å². The molecular weight excluding hydrogens is 480 g/mol. The molecule has 186 valence electrons. The maximum atomic E-state index is 13.4. The quantitative estimate of drug-likeness (QED) is 0.163. The van der Waals surface area contributed by atoms with E-state index < -0.39 is 0 Å². The molecule has 0 aliphatic carbocycles. The summed E-state index contributed by atoms with van der Waals surface area (Å²) < 4.78 is 9.73. The molecule has 0 spiro atoms. The molecule has 5 rings (SSSR count). The van der Waals surface area contributed by atoms with Crippen molar-refractivity contribution in [3.8, 4) is 28.5 Å². The molecule has 2 aromatic heterocycles. The maximum Gasteiger partial charge on any atom is 0.196 e. The highest BCUT2D eigenvalue weighted by atomic mass is 32.2. The number of aromatic nitrogens is 4. The molecule has 0 aliphatic rings. The van der Waals surface area contributed by atoms with E-state index in [2.05, 4.69) is 14.8 Å². The molecule has 37 heavy (non-hydrogen) atoms. The van der Waals surface area contributed by atoms with Crippen molar-refractivity contribution in [3.63, 3.8) is 0 Å². The van der Waals surface area contributed by atoms with E-state index in [0.717, 1.165) is 45.5 Å². The van der Waals surface area contributed by atoms with Crippen molar-refractivity contribution in [3.05, 3.63) is 108 Å². The van der Waals surface area contributed by atoms with Gasteiger partial charge in [0.05, 0.1) is 12.4 Å². The molecule has 6 nitrogen and oxygen atoms in total. The molecule has 0 fully saturated rings. The molecule has 0 saturated carbocycles. The van der Waals surface area contributed by atoms with E-state index in [1.54, 1.807) is 0 Å². The average Bonchev–Trinajstić information content (AvgIpc) is 3.49. The van der Waals surface area contributed by atoms with Crippen LogP contribution in [0.2, 0.25) is 0 Å². The number of ketones is 1. The van der Waals surface area contributed by atoms with Gasteiger partial charge in [-0.25, -0.2) is 0 Å². The lowest BCUT2D eigenvalue weighted by atomic mass is 10.2. The summed E-state index contributed by atoms with van der Waals surface area (Å²) in [5.74, 6) is 1.84. The number of para-hydroxylation sites is 1. The zero-order chi connectivity index (χ0) is 25.8. The van der Waals surface area contributed by atoms with E-state index in [4.69, 9.17) is 4.74 Å². The van der Waals surface area contributed by atoms with Crippen LogP contribution in [-0.4, -0.2) is 37.5 Å². The van der Waals surface area contributed by atoms with Gasteiger partial charge in [-0.05, 0) is 63.2 Å². The number of benzene rings is 3. The Morgan fingerprint density at radius 2 is 1.49 bits per heavy atom. The fraction of sp³-hybridized carbons (Fsp3) is 0.167. The standard InChI is InChI=1S/C30H28N4O2S/c1-4-36-26-17-15-25(16-18-26)34-29(23-11-7-5-8-12-23)31-32-30(34)37-20-28(35)27-19-21(2)33(22(27)3)24-13-9-6-10-14-24/h5-19H,4,20H2,1-3H3. The summed E-state index contributed by atoms with van der Waals surface area (Å²) in [6.07, 6.45) is 0. The van der Waals surface area contributed by atoms with Gasteiger partial charge in [0.15, 0.2) is 16.8 Å². The first-order valence-electron chi connectivity index (χ1n) is 12.2. The molecule has 3 aromatic carbocycles. The number of thioether (sulfide) groups is 1. The molecule has 7 heteroatoms. The first kappa shape index (κ1) is 24.6. The fourth-order valence-electron chi connectivity index (χ4n) is 4.46. The Balaban J connectivity index is 1.44. The smallest absolute Gasteiger partial charge is 0.196 e. The van der Waals surface area contributed by atoms with E-state index in [-0.39, 0.29) is 11.5 Å². The molecule has 0 aliphatic heterocycles. The normalized spacial score (nSPS) is 11.0. The Morgan fingerprint density at radius 3 is 2.16 bits per heavy atom. The molecule has 0 saturated heterocycles. The van der Waals surface area contributed by atoms with Crippen LogP contribution in [0.1, 0.15) is 28.7 Å². The Labute approximate surface area is 220 Å². The molecule has 0 N–H and O–H groups in total. The van der Waals surface area contributed by atoms with Crippen molar-refractivity contribution in [2.75, 3.05) is 12.4 Å². The zero-order valence-corrected chi connectivity index (χ0v) is 21.9. The van der Waals surface area contributed by atoms with Crippen LogP contribution in [0, 0.1) is 13.8 Å². The van der Waals surface area contributed by atoms with Crippen molar-refractivity contribution in [1.82, 2.24) is 19.3 Å². The number of rotatable bonds is 9. The number of hydrogen-bond acceptors (Lipinski definition) is 5. The summed E-state index contributed by atoms with van der Waals surface area (Å²) in [5, 5.41) is 9.63. The average molecular weight is 509 g/mol. The van der Waals surface area contributed by atoms with Crippen LogP contribution in [-0.2, 0) is 0 Å². The summed E-state index contributed by atoms with van der Waals surface area (Å²) >= 11 is 1.39. The molecule has 0 bridgehead atoms. The van der Waals surface area contributed by atoms with Crippen LogP contribution < -0.4 is 4.74 Å². The van der Waals surface area contributed by atoms with Gasteiger partial charge in [0.2, 0.25) is 0 Å². The molecule has 0 atom stereocenters. The van der Waals surface area contributed by atoms with Crippen LogP contribution in [0.4, 0.5) is 0 Å². The highest BCUT2D eigenvalue weighted by Crippen LogP contribution is 2.30. The lowest BCUT2D eigenvalue weighted by Gasteiger charge is -2.12. The number of carbonyl (C=O) groups excluding carboxylic acids is 1. The number of aryl methyl sites for hydroxylation is 1. The summed E-state index contributed by atoms with van der Waals surface area (Å²) in [5.41, 5.74) is 5.60. The van der Waals surface area contributed by atoms with Gasteiger partial charge in [-0.3, -0.25) is 9.36 Å². The second-order valence-corrected chi connectivity index (χ2v) is 9.54. The van der Waals surface area contributed by atoms with Crippen LogP contribution in [0.3, 0.4) is 0 Å². The highest BCUT2D eigenvalue weighted by molar-refractivity contribution is 7.99. The van der Waals surface area contributed by atoms with Gasteiger partial charge in [0, 0.05) is 33.9 Å². The monoisotopic (exact) mass is 508 g/mol. The Bertz CT molecular complexity index is 1510. The number of ether oxygens (including phenoxy) is 1. The number of nitrogens with zero attached hydrogens (tertiary/aromatic N) is 4. The van der Waals surface area contributed by atoms with Gasteiger partial charge < -0.3 is 9.30 Å². The van der Waals surface area contributed by atoms with E-state index >= 15 is 0 Å². The first-order chi connectivity index (χ1) is 18.1. The fourth-order valence-corrected chi connectivity index (χ4v) is 5.29. The van der Waals surface area contributed by atoms with Crippen molar-refractivity contribution >= 4 is 17.5 Å². The second kappa shape index (κ2) is 10.9. The molecule has 0 unspecified atom stereocenters. The van der Waals surface area contributed by atoms with E-state index in [1.807, 2.05) is 116 Å². The van der Waals surface area contributed by atoms with Crippen molar-refractivity contribution < 1.29 is 9.53 Å². The summed E-state index contributed by atoms with van der Waals surface area (Å²) in [6, 6.07) is 29.9. The molecular formula is C30H28N4O2S. The lowest BCUT2D eigenvalue weighted by molar-refractivity contribution is 0.102. The number of hydrogen-bond donors (Lipinski definition) is 0. The Hall–Kier alpha value is -4.10. The minimum atomic E-state index is 0.0581. The van der Waals surface area contributed by atoms with Crippen molar-refractivity contribution in [1.29, 1.82) is 0 Å². The topological polar surface area (TPSA) is 61.9 Å². The van der Waals surface area contributed by atoms with Gasteiger partial charge >= 0.3 is 0 Å². The summed E-state index contributed by atoms with van der Waals surface area (Å²) in [6.45, 7) is 6.59. The third kappa shape index (κ3) is 5.08. The van der Waals surface area contributed by atoms with E-state index in [0.29, 0.717) is 11.8 Å². The zero-order valence-electron chi connectivity index (χ0n) is 21.1. The largest absolute Gasteiger partial charge is 0.494 e. The Kier molecular flexibility index (Phi) is 7.23. The maximum absolute atomic E-state index is 13.4. The highest BCUT2D eigenvalue weighted by Gasteiger charge is 2.20. The van der Waals surface area contributed by atoms with Crippen molar-refractivity contribution in [2.45, 2.75) is 25.9 Å². The van der Waals surface area contributed by atoms with Gasteiger partial charge in [-0.2, -0.15) is 0 Å². The van der Waals surface area contributed by atoms with Crippen LogP contribution >= 0.6 is 11.8 Å². The molecule has 5 aromatic rings. The van der Waals surface area contributed by atoms with E-state index in [1.165, 1.54) is 11.8 Å². The predicted molar refractivity (Wildman–Crippen MR) is 148 cm³/mol. The SMILES string of the molecule is CCOc1ccc(-n2c(SCC(=O)c3cc(C)n(-c4ccccc4)c3C)nnc2-c2ccccc2)cc1. The van der Waals surface area contributed by atoms with E-state index in [9.17, 15) is 4.79 Å². The second-order valence-electron chi connectivity index (χ2n) is 8.60. The summed E-state index contributed by atoms with van der Waals surface area (Å²) in [4.78, 5) is 13.4. The predicted octanol–water partition coefficient (Wildman–Crippen LogP) is 6.72. The first-order valence-corrected chi connectivity index (χ1v) is 13.2. The van der Waals surface area contributed by atoms with Gasteiger partial charge in [-0.1, -0.05) is 60.3 Å². The third-order valence-electron chi connectivity index (χ3n) is 6.15. The number of Topliss-reactive ketones (excluding diaryl/α,β-unsaturated/α-hetero) is 1. The minimum absolute atomic E-state index is 0.0581. The Morgan fingerprint density at radius 1 is 0.838 bits per heavy atom. The van der Waals surface area contributed by atoms with Crippen LogP contribution in [0.15, 0.2) is 96.2 Å². The van der Waals surface area contributed by atoms with Gasteiger partial charge in [-0.15, -0.1) is 10.2 Å². The van der Waals surface area contributed by atoms with Crippen LogP contribution in [0.5, 0.6) is 5.75 Å². The minimum Gasteiger partial charge on any atom is -0.494 e. The number of carbonyl (C=O) groups is 1. The molecule has 0 amide bonds. The van der Waals surface area contributed by atoms with Crippen LogP contribution in [0.25, 0.3) is 22.8 Å². The molecule has 0 radical (unpaired) electrons.